The number of nitrogens with one attached hydrogen (secondary N) is 1. The van der Waals surface area contributed by atoms with E-state index in [1.54, 1.807) is 0 Å². The number of aromatic nitrogens is 1. The summed E-state index contributed by atoms with van der Waals surface area (Å²) in [5.41, 5.74) is -1.04. The molecular weight excluding hydrogens is 309 g/mol. The summed E-state index contributed by atoms with van der Waals surface area (Å²) >= 11 is 0. The number of hydrogen-bond acceptors (Lipinski definition) is 4. The summed E-state index contributed by atoms with van der Waals surface area (Å²) < 4.78 is 61.5. The molecule has 0 radical (unpaired) electrons. The topological polar surface area (TPSA) is 76.1 Å². The Morgan fingerprint density at radius 1 is 1.38 bits per heavy atom. The molecule has 2 rings (SSSR count). The van der Waals surface area contributed by atoms with Gasteiger partial charge in [-0.05, 0) is 31.9 Å². The predicted molar refractivity (Wildman–Crippen MR) is 67.1 cm³/mol. The van der Waals surface area contributed by atoms with E-state index in [2.05, 4.69) is 10.3 Å². The minimum atomic E-state index is -4.59. The Morgan fingerprint density at radius 3 is 2.43 bits per heavy atom. The first-order valence-electron chi connectivity index (χ1n) is 6.20. The fraction of sp³-hybridized carbons (Fsp3) is 0.500. The van der Waals surface area contributed by atoms with Crippen LogP contribution in [0.4, 0.5) is 13.2 Å². The molecule has 0 unspecified atom stereocenters. The van der Waals surface area contributed by atoms with Crippen LogP contribution in [0.1, 0.15) is 25.3 Å². The van der Waals surface area contributed by atoms with Gasteiger partial charge in [-0.25, -0.2) is 13.4 Å². The fourth-order valence-corrected chi connectivity index (χ4v) is 2.75. The van der Waals surface area contributed by atoms with Crippen LogP contribution in [0, 0.1) is 0 Å². The molecule has 1 atom stereocenters. The Hall–Kier alpha value is -1.64. The summed E-state index contributed by atoms with van der Waals surface area (Å²) in [4.78, 5) is 15.1. The third-order valence-electron chi connectivity index (χ3n) is 3.11. The summed E-state index contributed by atoms with van der Waals surface area (Å²) in [6, 6.07) is 1.39. The molecule has 21 heavy (non-hydrogen) atoms. The smallest absolute Gasteiger partial charge is 0.352 e. The molecule has 0 aliphatic heterocycles. The quantitative estimate of drug-likeness (QED) is 0.912. The molecule has 1 aromatic heterocycles. The first-order valence-corrected chi connectivity index (χ1v) is 7.74. The van der Waals surface area contributed by atoms with Gasteiger partial charge >= 0.3 is 6.18 Å². The second kappa shape index (κ2) is 5.28. The lowest BCUT2D eigenvalue weighted by atomic mass is 10.3. The predicted octanol–water partition coefficient (Wildman–Crippen LogP) is 1.54. The zero-order valence-corrected chi connectivity index (χ0v) is 11.8. The van der Waals surface area contributed by atoms with Crippen LogP contribution in [0.25, 0.3) is 0 Å². The third kappa shape index (κ3) is 3.52. The third-order valence-corrected chi connectivity index (χ3v) is 5.08. The molecule has 1 amide bonds. The van der Waals surface area contributed by atoms with Gasteiger partial charge in [0.1, 0.15) is 5.25 Å². The molecule has 1 N–H and O–H groups in total. The van der Waals surface area contributed by atoms with Gasteiger partial charge in [-0.15, -0.1) is 0 Å². The number of sulfone groups is 1. The molecule has 1 aliphatic carbocycles. The summed E-state index contributed by atoms with van der Waals surface area (Å²) in [5.74, 6) is -0.667. The van der Waals surface area contributed by atoms with Gasteiger partial charge in [-0.3, -0.25) is 4.79 Å². The van der Waals surface area contributed by atoms with E-state index < -0.39 is 37.8 Å². The first-order chi connectivity index (χ1) is 9.62. The highest BCUT2D eigenvalue weighted by Gasteiger charge is 2.35. The monoisotopic (exact) mass is 322 g/mol. The molecule has 9 heteroatoms. The zero-order valence-electron chi connectivity index (χ0n) is 11.0. The number of carbonyl (C=O) groups excluding carboxylic acids is 1. The SMILES string of the molecule is C[C@@H](C(=O)NC1CC1)S(=O)(=O)c1ccc(C(F)(F)F)cn1. The van der Waals surface area contributed by atoms with Crippen LogP contribution >= 0.6 is 0 Å². The number of amides is 1. The van der Waals surface area contributed by atoms with Crippen LogP contribution in [0.5, 0.6) is 0 Å². The molecular formula is C12H13F3N2O3S. The van der Waals surface area contributed by atoms with E-state index in [-0.39, 0.29) is 6.04 Å². The lowest BCUT2D eigenvalue weighted by Crippen LogP contribution is -2.39. The standard InChI is InChI=1S/C12H13F3N2O3S/c1-7(11(18)17-9-3-4-9)21(19,20)10-5-2-8(6-16-10)12(13,14)15/h2,5-7,9H,3-4H2,1H3,(H,17,18)/t7-/m0/s1. The molecule has 1 aliphatic rings. The molecule has 0 aromatic carbocycles. The average molecular weight is 322 g/mol. The minimum Gasteiger partial charge on any atom is -0.352 e. The molecule has 1 aromatic rings. The van der Waals surface area contributed by atoms with Crippen LogP contribution in [-0.4, -0.2) is 30.6 Å². The van der Waals surface area contributed by atoms with E-state index in [0.29, 0.717) is 12.3 Å². The van der Waals surface area contributed by atoms with E-state index in [4.69, 9.17) is 0 Å². The molecule has 1 heterocycles. The van der Waals surface area contributed by atoms with Gasteiger partial charge in [0.05, 0.1) is 5.56 Å². The van der Waals surface area contributed by atoms with Crippen molar-refractivity contribution < 1.29 is 26.4 Å². The molecule has 1 saturated carbocycles. The van der Waals surface area contributed by atoms with Gasteiger partial charge in [0, 0.05) is 12.2 Å². The second-order valence-corrected chi connectivity index (χ2v) is 7.07. The molecule has 116 valence electrons. The largest absolute Gasteiger partial charge is 0.417 e. The maximum Gasteiger partial charge on any atom is 0.417 e. The van der Waals surface area contributed by atoms with Crippen LogP contribution < -0.4 is 5.32 Å². The number of nitrogens with zero attached hydrogens (tertiary/aromatic N) is 1. The van der Waals surface area contributed by atoms with Gasteiger partial charge in [-0.2, -0.15) is 13.2 Å². The van der Waals surface area contributed by atoms with Crippen molar-refractivity contribution in [1.82, 2.24) is 10.3 Å². The molecule has 0 saturated heterocycles. The summed E-state index contributed by atoms with van der Waals surface area (Å²) in [7, 11) is -4.11. The molecule has 0 bridgehead atoms. The van der Waals surface area contributed by atoms with E-state index in [0.717, 1.165) is 18.9 Å². The number of halogens is 3. The van der Waals surface area contributed by atoms with Crippen molar-refractivity contribution in [3.8, 4) is 0 Å². The Kier molecular flexibility index (Phi) is 3.96. The van der Waals surface area contributed by atoms with Crippen LogP contribution in [0.15, 0.2) is 23.4 Å². The summed E-state index contributed by atoms with van der Waals surface area (Å²) in [5, 5.41) is 0.591. The zero-order chi connectivity index (χ0) is 15.8. The Labute approximate surface area is 119 Å². The molecule has 5 nitrogen and oxygen atoms in total. The van der Waals surface area contributed by atoms with E-state index in [9.17, 15) is 26.4 Å². The van der Waals surface area contributed by atoms with Crippen molar-refractivity contribution in [1.29, 1.82) is 0 Å². The fourth-order valence-electron chi connectivity index (χ4n) is 1.58. The normalized spacial score (nSPS) is 17.3. The average Bonchev–Trinajstić information content (AvgIpc) is 3.20. The number of hydrogen-bond donors (Lipinski definition) is 1. The van der Waals surface area contributed by atoms with Crippen molar-refractivity contribution in [2.24, 2.45) is 0 Å². The maximum atomic E-state index is 12.4. The lowest BCUT2D eigenvalue weighted by Gasteiger charge is -2.13. The molecule has 1 fully saturated rings. The van der Waals surface area contributed by atoms with E-state index >= 15 is 0 Å². The number of rotatable bonds is 4. The first kappa shape index (κ1) is 15.7. The molecule has 0 spiro atoms. The van der Waals surface area contributed by atoms with Crippen LogP contribution in [0.3, 0.4) is 0 Å². The van der Waals surface area contributed by atoms with Gasteiger partial charge < -0.3 is 5.32 Å². The van der Waals surface area contributed by atoms with Crippen molar-refractivity contribution in [2.45, 2.75) is 42.3 Å². The highest BCUT2D eigenvalue weighted by atomic mass is 32.2. The van der Waals surface area contributed by atoms with Gasteiger partial charge in [-0.1, -0.05) is 0 Å². The number of alkyl halides is 3. The van der Waals surface area contributed by atoms with Crippen molar-refractivity contribution in [3.05, 3.63) is 23.9 Å². The van der Waals surface area contributed by atoms with Crippen molar-refractivity contribution in [3.63, 3.8) is 0 Å². The van der Waals surface area contributed by atoms with E-state index in [1.165, 1.54) is 6.92 Å². The summed E-state index contributed by atoms with van der Waals surface area (Å²) in [6.07, 6.45) is -2.54. The van der Waals surface area contributed by atoms with Crippen molar-refractivity contribution >= 4 is 15.7 Å². The second-order valence-electron chi connectivity index (χ2n) is 4.85. The van der Waals surface area contributed by atoms with Crippen LogP contribution in [0.2, 0.25) is 0 Å². The summed E-state index contributed by atoms with van der Waals surface area (Å²) in [6.45, 7) is 1.19. The Bertz CT molecular complexity index is 637. The maximum absolute atomic E-state index is 12.4. The van der Waals surface area contributed by atoms with Gasteiger partial charge in [0.25, 0.3) is 0 Å². The Morgan fingerprint density at radius 2 is 2.00 bits per heavy atom. The minimum absolute atomic E-state index is 0.00397. The lowest BCUT2D eigenvalue weighted by molar-refractivity contribution is -0.137. The van der Waals surface area contributed by atoms with Gasteiger partial charge in [0.2, 0.25) is 15.7 Å². The van der Waals surface area contributed by atoms with E-state index in [1.807, 2.05) is 0 Å². The van der Waals surface area contributed by atoms with Crippen LogP contribution in [-0.2, 0) is 20.8 Å². The van der Waals surface area contributed by atoms with Gasteiger partial charge in [0.15, 0.2) is 5.03 Å². The Balaban J connectivity index is 2.20. The highest BCUT2D eigenvalue weighted by Crippen LogP contribution is 2.29. The number of pyridine rings is 1. The number of carbonyl (C=O) groups is 1. The highest BCUT2D eigenvalue weighted by molar-refractivity contribution is 7.92. The van der Waals surface area contributed by atoms with Crippen molar-refractivity contribution in [2.75, 3.05) is 0 Å².